The van der Waals surface area contributed by atoms with Crippen molar-refractivity contribution in [1.29, 1.82) is 0 Å². The average Bonchev–Trinajstić information content (AvgIpc) is 2.02. The second kappa shape index (κ2) is 4.17. The molecule has 0 radical (unpaired) electrons. The molecule has 1 aromatic carbocycles. The fourth-order valence-electron chi connectivity index (χ4n) is 0.922. The van der Waals surface area contributed by atoms with Crippen LogP contribution in [-0.2, 0) is 0 Å². The van der Waals surface area contributed by atoms with Crippen molar-refractivity contribution in [2.24, 2.45) is 5.73 Å². The van der Waals surface area contributed by atoms with E-state index >= 15 is 0 Å². The summed E-state index contributed by atoms with van der Waals surface area (Å²) in [5, 5.41) is 13.1. The van der Waals surface area contributed by atoms with E-state index in [9.17, 15) is 5.11 Å². The summed E-state index contributed by atoms with van der Waals surface area (Å²) in [5.74, 6) is 0. The molecule has 0 fully saturated rings. The molecule has 0 aliphatic heterocycles. The number of aliphatic hydroxyl groups is 1. The van der Waals surface area contributed by atoms with Crippen molar-refractivity contribution in [1.82, 2.24) is 0 Å². The first kappa shape index (κ1) is 11.3. The molecule has 0 aromatic heterocycles. The molecule has 1 aromatic rings. The smallest absolute Gasteiger partial charge is 0.142 e. The molecule has 78 valence electrons. The van der Waals surface area contributed by atoms with Crippen LogP contribution in [0, 0.1) is 0 Å². The van der Waals surface area contributed by atoms with E-state index in [1.165, 1.54) is 0 Å². The van der Waals surface area contributed by atoms with Crippen LogP contribution in [0.25, 0.3) is 0 Å². The number of anilines is 1. The highest BCUT2D eigenvalue weighted by Crippen LogP contribution is 2.17. The van der Waals surface area contributed by atoms with E-state index in [4.69, 9.17) is 17.3 Å². The number of nitrogens with one attached hydrogen (secondary N) is 1. The van der Waals surface area contributed by atoms with Crippen molar-refractivity contribution in [3.8, 4) is 0 Å². The highest BCUT2D eigenvalue weighted by atomic mass is 35.5. The van der Waals surface area contributed by atoms with E-state index in [0.717, 1.165) is 5.69 Å². The van der Waals surface area contributed by atoms with Crippen molar-refractivity contribution >= 4 is 17.3 Å². The first-order chi connectivity index (χ1) is 6.39. The van der Waals surface area contributed by atoms with E-state index in [0.29, 0.717) is 5.02 Å². The van der Waals surface area contributed by atoms with Crippen LogP contribution in [0.15, 0.2) is 24.3 Å². The standard InChI is InChI=1S/C10H15ClN2O/c1-10(2,12)9(14)13-8-5-3-4-7(11)6-8/h3-6,9,13-14H,12H2,1-2H3. The molecule has 0 bridgehead atoms. The van der Waals surface area contributed by atoms with Gasteiger partial charge in [0.2, 0.25) is 0 Å². The van der Waals surface area contributed by atoms with Gasteiger partial charge in [-0.3, -0.25) is 0 Å². The summed E-state index contributed by atoms with van der Waals surface area (Å²) in [6.07, 6.45) is -0.805. The third kappa shape index (κ3) is 3.18. The van der Waals surface area contributed by atoms with Crippen LogP contribution in [-0.4, -0.2) is 16.9 Å². The highest BCUT2D eigenvalue weighted by Gasteiger charge is 2.22. The molecule has 14 heavy (non-hydrogen) atoms. The molecule has 0 heterocycles. The Morgan fingerprint density at radius 2 is 2.14 bits per heavy atom. The fraction of sp³-hybridized carbons (Fsp3) is 0.400. The normalized spacial score (nSPS) is 13.8. The first-order valence-corrected chi connectivity index (χ1v) is 4.76. The van der Waals surface area contributed by atoms with Crippen molar-refractivity contribution in [3.05, 3.63) is 29.3 Å². The second-order valence-electron chi connectivity index (χ2n) is 3.88. The lowest BCUT2D eigenvalue weighted by atomic mass is 10.1. The minimum atomic E-state index is -0.805. The fourth-order valence-corrected chi connectivity index (χ4v) is 1.11. The third-order valence-electron chi connectivity index (χ3n) is 1.83. The van der Waals surface area contributed by atoms with E-state index < -0.39 is 11.8 Å². The largest absolute Gasteiger partial charge is 0.372 e. The number of benzene rings is 1. The average molecular weight is 215 g/mol. The predicted molar refractivity (Wildman–Crippen MR) is 59.3 cm³/mol. The Kier molecular flexibility index (Phi) is 3.37. The lowest BCUT2D eigenvalue weighted by molar-refractivity contribution is 0.130. The van der Waals surface area contributed by atoms with Crippen LogP contribution >= 0.6 is 11.6 Å². The van der Waals surface area contributed by atoms with Crippen molar-refractivity contribution in [2.75, 3.05) is 5.32 Å². The molecule has 0 aliphatic rings. The Bertz CT molecular complexity index is 309. The number of halogens is 1. The van der Waals surface area contributed by atoms with Gasteiger partial charge in [0.25, 0.3) is 0 Å². The van der Waals surface area contributed by atoms with E-state index in [1.807, 2.05) is 6.07 Å². The summed E-state index contributed by atoms with van der Waals surface area (Å²) < 4.78 is 0. The highest BCUT2D eigenvalue weighted by molar-refractivity contribution is 6.30. The van der Waals surface area contributed by atoms with Gasteiger partial charge in [-0.25, -0.2) is 0 Å². The zero-order chi connectivity index (χ0) is 10.8. The quantitative estimate of drug-likeness (QED) is 0.673. The number of nitrogens with two attached hydrogens (primary N) is 1. The predicted octanol–water partition coefficient (Wildman–Crippen LogP) is 1.81. The molecule has 4 N–H and O–H groups in total. The molecule has 0 spiro atoms. The summed E-state index contributed by atoms with van der Waals surface area (Å²) in [4.78, 5) is 0. The zero-order valence-electron chi connectivity index (χ0n) is 8.29. The minimum absolute atomic E-state index is 0.622. The number of aliphatic hydroxyl groups excluding tert-OH is 1. The molecule has 1 unspecified atom stereocenters. The van der Waals surface area contributed by atoms with E-state index in [2.05, 4.69) is 5.32 Å². The molecule has 0 saturated carbocycles. The zero-order valence-corrected chi connectivity index (χ0v) is 9.05. The lowest BCUT2D eigenvalue weighted by Gasteiger charge is -2.27. The van der Waals surface area contributed by atoms with Gasteiger partial charge in [-0.15, -0.1) is 0 Å². The van der Waals surface area contributed by atoms with Gasteiger partial charge in [-0.2, -0.15) is 0 Å². The number of hydrogen-bond acceptors (Lipinski definition) is 3. The number of hydrogen-bond donors (Lipinski definition) is 3. The Morgan fingerprint density at radius 3 is 2.64 bits per heavy atom. The SMILES string of the molecule is CC(C)(N)C(O)Nc1cccc(Cl)c1. The summed E-state index contributed by atoms with van der Waals surface area (Å²) >= 11 is 5.79. The maximum atomic E-state index is 9.65. The van der Waals surface area contributed by atoms with Gasteiger partial charge >= 0.3 is 0 Å². The van der Waals surface area contributed by atoms with Gasteiger partial charge in [-0.05, 0) is 32.0 Å². The first-order valence-electron chi connectivity index (χ1n) is 4.38. The van der Waals surface area contributed by atoms with Gasteiger partial charge in [-0.1, -0.05) is 17.7 Å². The molecule has 0 aliphatic carbocycles. The van der Waals surface area contributed by atoms with Gasteiger partial charge < -0.3 is 16.2 Å². The molecular weight excluding hydrogens is 200 g/mol. The van der Waals surface area contributed by atoms with E-state index in [1.54, 1.807) is 32.0 Å². The third-order valence-corrected chi connectivity index (χ3v) is 2.07. The van der Waals surface area contributed by atoms with Crippen LogP contribution in [0.3, 0.4) is 0 Å². The molecule has 4 heteroatoms. The molecule has 0 saturated heterocycles. The Labute approximate surface area is 88.9 Å². The monoisotopic (exact) mass is 214 g/mol. The van der Waals surface area contributed by atoms with Crippen LogP contribution in [0.4, 0.5) is 5.69 Å². The summed E-state index contributed by atoms with van der Waals surface area (Å²) in [7, 11) is 0. The summed E-state index contributed by atoms with van der Waals surface area (Å²) in [5.41, 5.74) is 5.78. The van der Waals surface area contributed by atoms with Crippen molar-refractivity contribution < 1.29 is 5.11 Å². The summed E-state index contributed by atoms with van der Waals surface area (Å²) in [6.45, 7) is 3.49. The molecule has 3 nitrogen and oxygen atoms in total. The minimum Gasteiger partial charge on any atom is -0.372 e. The molecule has 0 amide bonds. The Hall–Kier alpha value is -0.770. The van der Waals surface area contributed by atoms with Crippen LogP contribution in [0.1, 0.15) is 13.8 Å². The summed E-state index contributed by atoms with van der Waals surface area (Å²) in [6, 6.07) is 7.13. The van der Waals surface area contributed by atoms with Crippen LogP contribution in [0.5, 0.6) is 0 Å². The second-order valence-corrected chi connectivity index (χ2v) is 4.32. The van der Waals surface area contributed by atoms with Gasteiger partial charge in [0.05, 0.1) is 5.54 Å². The Morgan fingerprint density at radius 1 is 1.50 bits per heavy atom. The molecular formula is C10H15ClN2O. The lowest BCUT2D eigenvalue weighted by Crippen LogP contribution is -2.49. The van der Waals surface area contributed by atoms with Crippen LogP contribution < -0.4 is 11.1 Å². The maximum absolute atomic E-state index is 9.65. The maximum Gasteiger partial charge on any atom is 0.142 e. The topological polar surface area (TPSA) is 58.3 Å². The Balaban J connectivity index is 2.70. The van der Waals surface area contributed by atoms with E-state index in [-0.39, 0.29) is 0 Å². The van der Waals surface area contributed by atoms with Gasteiger partial charge in [0, 0.05) is 10.7 Å². The van der Waals surface area contributed by atoms with Gasteiger partial charge in [0.15, 0.2) is 0 Å². The number of rotatable bonds is 3. The molecule has 1 atom stereocenters. The van der Waals surface area contributed by atoms with Crippen molar-refractivity contribution in [3.63, 3.8) is 0 Å². The molecule has 1 rings (SSSR count). The van der Waals surface area contributed by atoms with Crippen molar-refractivity contribution in [2.45, 2.75) is 25.6 Å². The van der Waals surface area contributed by atoms with Gasteiger partial charge in [0.1, 0.15) is 6.23 Å². The van der Waals surface area contributed by atoms with Crippen LogP contribution in [0.2, 0.25) is 5.02 Å².